The van der Waals surface area contributed by atoms with Gasteiger partial charge >= 0.3 is 5.97 Å². The number of aliphatic hydroxyl groups excluding tert-OH is 1. The highest BCUT2D eigenvalue weighted by atomic mass is 16.6. The van der Waals surface area contributed by atoms with E-state index in [-0.39, 0.29) is 29.7 Å². The molecule has 3 rings (SSSR count). The van der Waals surface area contributed by atoms with E-state index in [9.17, 15) is 14.7 Å². The smallest absolute Gasteiger partial charge is 0.331 e. The average Bonchev–Trinajstić information content (AvgIpc) is 2.89. The number of allylic oxidation sites excluding steroid dienone is 2. The first-order valence-corrected chi connectivity index (χ1v) is 10.9. The molecule has 1 saturated heterocycles. The van der Waals surface area contributed by atoms with Crippen LogP contribution in [0.3, 0.4) is 0 Å². The normalized spacial score (nSPS) is 39.2. The Morgan fingerprint density at radius 1 is 1.28 bits per heavy atom. The summed E-state index contributed by atoms with van der Waals surface area (Å²) < 4.78 is 6.04. The summed E-state index contributed by atoms with van der Waals surface area (Å²) in [6, 6.07) is -0.0346. The molecule has 0 aromatic carbocycles. The second-order valence-electron chi connectivity index (χ2n) is 9.51. The zero-order chi connectivity index (χ0) is 21.3. The summed E-state index contributed by atoms with van der Waals surface area (Å²) in [6.07, 6.45) is 9.40. The molecule has 1 fully saturated rings. The second-order valence-corrected chi connectivity index (χ2v) is 9.51. The molecule has 6 unspecified atom stereocenters. The maximum absolute atomic E-state index is 13.4. The standard InChI is InChI=1S/C24H35NO4/c1-14(2)11-20-22-17(5)16(4)13-18-12-15(3)7-6-8-19(26)9-10-21(27)29-24(18,22)23(28)25-20/h9-10,12-14,17-20,22,26H,6-8,11H2,1-5H3,(H,25,28)/b10-9+,15-12?. The Hall–Kier alpha value is -1.88. The van der Waals surface area contributed by atoms with E-state index < -0.39 is 17.7 Å². The van der Waals surface area contributed by atoms with Gasteiger partial charge in [-0.05, 0) is 57.4 Å². The highest BCUT2D eigenvalue weighted by Gasteiger charge is 2.64. The third-order valence-electron chi connectivity index (χ3n) is 6.78. The van der Waals surface area contributed by atoms with E-state index in [2.05, 4.69) is 52.1 Å². The van der Waals surface area contributed by atoms with E-state index in [0.717, 1.165) is 24.8 Å². The monoisotopic (exact) mass is 401 g/mol. The number of esters is 1. The zero-order valence-electron chi connectivity index (χ0n) is 18.3. The molecule has 1 amide bonds. The second kappa shape index (κ2) is 8.47. The predicted molar refractivity (Wildman–Crippen MR) is 113 cm³/mol. The van der Waals surface area contributed by atoms with Crippen molar-refractivity contribution in [3.63, 3.8) is 0 Å². The fourth-order valence-corrected chi connectivity index (χ4v) is 5.29. The molecule has 5 heteroatoms. The van der Waals surface area contributed by atoms with Crippen molar-refractivity contribution in [3.8, 4) is 0 Å². The van der Waals surface area contributed by atoms with E-state index in [4.69, 9.17) is 4.74 Å². The molecular formula is C24H35NO4. The summed E-state index contributed by atoms with van der Waals surface area (Å²) in [5, 5.41) is 13.3. The minimum absolute atomic E-state index is 0.0346. The number of hydrogen-bond acceptors (Lipinski definition) is 4. The number of carbonyl (C=O) groups is 2. The fraction of sp³-hybridized carbons (Fsp3) is 0.667. The molecule has 0 aromatic heterocycles. The van der Waals surface area contributed by atoms with Gasteiger partial charge in [-0.15, -0.1) is 0 Å². The van der Waals surface area contributed by atoms with Gasteiger partial charge in [0.2, 0.25) is 5.60 Å². The van der Waals surface area contributed by atoms with Crippen molar-refractivity contribution in [3.05, 3.63) is 35.5 Å². The largest absolute Gasteiger partial charge is 0.444 e. The van der Waals surface area contributed by atoms with Gasteiger partial charge < -0.3 is 15.2 Å². The Morgan fingerprint density at radius 3 is 2.69 bits per heavy atom. The van der Waals surface area contributed by atoms with E-state index in [0.29, 0.717) is 12.3 Å². The topological polar surface area (TPSA) is 75.6 Å². The van der Waals surface area contributed by atoms with Crippen LogP contribution in [0.4, 0.5) is 0 Å². The quantitative estimate of drug-likeness (QED) is 0.547. The molecule has 1 aliphatic carbocycles. The van der Waals surface area contributed by atoms with Crippen LogP contribution in [0.5, 0.6) is 0 Å². The van der Waals surface area contributed by atoms with Crippen molar-refractivity contribution in [2.75, 3.05) is 0 Å². The lowest BCUT2D eigenvalue weighted by Crippen LogP contribution is -2.56. The minimum atomic E-state index is -1.24. The summed E-state index contributed by atoms with van der Waals surface area (Å²) >= 11 is 0. The lowest BCUT2D eigenvalue weighted by molar-refractivity contribution is -0.172. The van der Waals surface area contributed by atoms with Crippen LogP contribution < -0.4 is 5.32 Å². The molecule has 2 heterocycles. The van der Waals surface area contributed by atoms with E-state index in [1.807, 2.05) is 0 Å². The van der Waals surface area contributed by atoms with Crippen LogP contribution in [0.15, 0.2) is 35.5 Å². The Labute approximate surface area is 174 Å². The Kier molecular flexibility index (Phi) is 6.37. The van der Waals surface area contributed by atoms with E-state index >= 15 is 0 Å². The molecule has 0 saturated carbocycles. The Bertz CT molecular complexity index is 750. The molecule has 29 heavy (non-hydrogen) atoms. The van der Waals surface area contributed by atoms with Crippen molar-refractivity contribution >= 4 is 11.9 Å². The highest BCUT2D eigenvalue weighted by molar-refractivity contribution is 5.94. The van der Waals surface area contributed by atoms with Crippen LogP contribution in [0, 0.1) is 23.7 Å². The lowest BCUT2D eigenvalue weighted by atomic mass is 9.63. The molecular weight excluding hydrogens is 366 g/mol. The molecule has 5 nitrogen and oxygen atoms in total. The van der Waals surface area contributed by atoms with E-state index in [1.165, 1.54) is 17.7 Å². The first-order chi connectivity index (χ1) is 13.6. The number of amides is 1. The van der Waals surface area contributed by atoms with Crippen LogP contribution in [0.2, 0.25) is 0 Å². The Morgan fingerprint density at radius 2 is 2.00 bits per heavy atom. The summed E-state index contributed by atoms with van der Waals surface area (Å²) in [5.41, 5.74) is 1.14. The SMILES string of the molecule is CC1=CC2C=C(C)C(C)C3C(CC(C)C)NC(=O)C23OC(=O)/C=C/C(O)CCC1. The van der Waals surface area contributed by atoms with Crippen LogP contribution in [0.1, 0.15) is 60.3 Å². The van der Waals surface area contributed by atoms with E-state index in [1.54, 1.807) is 0 Å². The molecule has 0 bridgehead atoms. The van der Waals surface area contributed by atoms with Crippen molar-refractivity contribution in [2.24, 2.45) is 23.7 Å². The Balaban J connectivity index is 2.13. The number of ether oxygens (including phenoxy) is 1. The number of rotatable bonds is 2. The number of aliphatic hydroxyl groups is 1. The fourth-order valence-electron chi connectivity index (χ4n) is 5.29. The third kappa shape index (κ3) is 4.20. The summed E-state index contributed by atoms with van der Waals surface area (Å²) in [5.74, 6) is -0.632. The molecule has 6 atom stereocenters. The van der Waals surface area contributed by atoms with Gasteiger partial charge in [0.15, 0.2) is 0 Å². The van der Waals surface area contributed by atoms with Crippen molar-refractivity contribution in [1.29, 1.82) is 0 Å². The van der Waals surface area contributed by atoms with Gasteiger partial charge in [-0.1, -0.05) is 44.1 Å². The van der Waals surface area contributed by atoms with Gasteiger partial charge in [-0.25, -0.2) is 4.79 Å². The van der Waals surface area contributed by atoms with Crippen molar-refractivity contribution < 1.29 is 19.4 Å². The molecule has 2 N–H and O–H groups in total. The summed E-state index contributed by atoms with van der Waals surface area (Å²) in [6.45, 7) is 10.6. The molecule has 1 spiro atoms. The van der Waals surface area contributed by atoms with Crippen LogP contribution in [-0.4, -0.2) is 34.7 Å². The predicted octanol–water partition coefficient (Wildman–Crippen LogP) is 3.69. The summed E-state index contributed by atoms with van der Waals surface area (Å²) in [7, 11) is 0. The van der Waals surface area contributed by atoms with Gasteiger partial charge in [-0.3, -0.25) is 4.79 Å². The molecule has 0 radical (unpaired) electrons. The average molecular weight is 402 g/mol. The van der Waals surface area contributed by atoms with Crippen molar-refractivity contribution in [2.45, 2.75) is 78.0 Å². The highest BCUT2D eigenvalue weighted by Crippen LogP contribution is 2.50. The first-order valence-electron chi connectivity index (χ1n) is 10.9. The maximum Gasteiger partial charge on any atom is 0.331 e. The zero-order valence-corrected chi connectivity index (χ0v) is 18.3. The van der Waals surface area contributed by atoms with Gasteiger partial charge in [0.25, 0.3) is 5.91 Å². The van der Waals surface area contributed by atoms with Crippen LogP contribution in [0.25, 0.3) is 0 Å². The van der Waals surface area contributed by atoms with Crippen LogP contribution in [-0.2, 0) is 14.3 Å². The molecule has 2 aliphatic heterocycles. The molecule has 0 aromatic rings. The van der Waals surface area contributed by atoms with Gasteiger partial charge in [0, 0.05) is 24.0 Å². The van der Waals surface area contributed by atoms with Gasteiger partial charge in [-0.2, -0.15) is 0 Å². The molecule has 160 valence electrons. The van der Waals surface area contributed by atoms with Crippen molar-refractivity contribution in [1.82, 2.24) is 5.32 Å². The first kappa shape index (κ1) is 21.8. The third-order valence-corrected chi connectivity index (χ3v) is 6.78. The number of hydrogen-bond donors (Lipinski definition) is 2. The number of carbonyl (C=O) groups excluding carboxylic acids is 2. The summed E-state index contributed by atoms with van der Waals surface area (Å²) in [4.78, 5) is 26.2. The number of nitrogens with one attached hydrogen (secondary N) is 1. The van der Waals surface area contributed by atoms with Gasteiger partial charge in [0.05, 0.1) is 6.10 Å². The maximum atomic E-state index is 13.4. The minimum Gasteiger partial charge on any atom is -0.444 e. The lowest BCUT2D eigenvalue weighted by Gasteiger charge is -2.45. The van der Waals surface area contributed by atoms with Crippen LogP contribution >= 0.6 is 0 Å². The molecule has 3 aliphatic rings. The van der Waals surface area contributed by atoms with Gasteiger partial charge in [0.1, 0.15) is 0 Å².